The second kappa shape index (κ2) is 12.9. The minimum Gasteiger partial charge on any atom is -0.497 e. The zero-order valence-electron chi connectivity index (χ0n) is 18.2. The fraction of sp³-hybridized carbons (Fsp3) is 0.636. The highest BCUT2D eigenvalue weighted by atomic mass is 127. The topological polar surface area (TPSA) is 69.2 Å². The molecule has 1 aromatic carbocycles. The van der Waals surface area contributed by atoms with E-state index in [2.05, 4.69) is 37.6 Å². The maximum atomic E-state index is 12.0. The highest BCUT2D eigenvalue weighted by Gasteiger charge is 2.20. The number of piperazine rings is 1. The highest BCUT2D eigenvalue weighted by molar-refractivity contribution is 14.0. The number of nitrogens with zero attached hydrogens (tertiary/aromatic N) is 3. The zero-order valence-corrected chi connectivity index (χ0v) is 20.6. The smallest absolute Gasteiger partial charge is 0.220 e. The first-order valence-electron chi connectivity index (χ1n) is 10.8. The lowest BCUT2D eigenvalue weighted by atomic mass is 10.0. The van der Waals surface area contributed by atoms with Gasteiger partial charge >= 0.3 is 0 Å². The Hall–Kier alpha value is -1.71. The number of amides is 1. The average molecular weight is 529 g/mol. The standard InChI is InChI=1S/C22H35N5O2.HI/c1-23-22(25-12-11-24-21(28)17-18-5-3-4-6-18)27-15-13-26(14-16-27)19-7-9-20(29-2)10-8-19;/h7-10,18H,3-6,11-17H2,1-2H3,(H,23,25)(H,24,28);1H. The monoisotopic (exact) mass is 529 g/mol. The molecule has 8 heteroatoms. The molecule has 0 atom stereocenters. The molecule has 2 aliphatic rings. The molecule has 0 bridgehead atoms. The van der Waals surface area contributed by atoms with Crippen LogP contribution in [-0.2, 0) is 4.79 Å². The first-order chi connectivity index (χ1) is 14.2. The van der Waals surface area contributed by atoms with Crippen LogP contribution in [0.4, 0.5) is 5.69 Å². The summed E-state index contributed by atoms with van der Waals surface area (Å²) in [5.74, 6) is 2.57. The number of carbonyl (C=O) groups is 1. The third-order valence-electron chi connectivity index (χ3n) is 5.91. The molecule has 1 heterocycles. The average Bonchev–Trinajstić information content (AvgIpc) is 3.27. The number of guanidine groups is 1. The Kier molecular flexibility index (Phi) is 10.5. The Labute approximate surface area is 197 Å². The molecule has 0 radical (unpaired) electrons. The summed E-state index contributed by atoms with van der Waals surface area (Å²) in [5, 5.41) is 6.42. The van der Waals surface area contributed by atoms with Gasteiger partial charge in [0.05, 0.1) is 7.11 Å². The number of aliphatic imine (C=N–C) groups is 1. The summed E-state index contributed by atoms with van der Waals surface area (Å²) in [4.78, 5) is 21.1. The van der Waals surface area contributed by atoms with Crippen LogP contribution >= 0.6 is 24.0 Å². The molecule has 1 saturated heterocycles. The fourth-order valence-corrected chi connectivity index (χ4v) is 4.23. The van der Waals surface area contributed by atoms with E-state index < -0.39 is 0 Å². The Balaban J connectivity index is 0.00000320. The molecule has 2 fully saturated rings. The van der Waals surface area contributed by atoms with Crippen LogP contribution in [0, 0.1) is 5.92 Å². The van der Waals surface area contributed by atoms with E-state index in [-0.39, 0.29) is 29.9 Å². The van der Waals surface area contributed by atoms with Crippen LogP contribution < -0.4 is 20.3 Å². The minimum atomic E-state index is 0. The van der Waals surface area contributed by atoms with Crippen LogP contribution in [0.1, 0.15) is 32.1 Å². The number of anilines is 1. The van der Waals surface area contributed by atoms with Crippen molar-refractivity contribution in [3.05, 3.63) is 24.3 Å². The molecule has 7 nitrogen and oxygen atoms in total. The zero-order chi connectivity index (χ0) is 20.5. The number of carbonyl (C=O) groups excluding carboxylic acids is 1. The molecule has 1 saturated carbocycles. The molecule has 1 aliphatic heterocycles. The molecular formula is C22H36IN5O2. The summed E-state index contributed by atoms with van der Waals surface area (Å²) < 4.78 is 5.24. The van der Waals surface area contributed by atoms with Gasteiger partial charge in [0.25, 0.3) is 0 Å². The lowest BCUT2D eigenvalue weighted by molar-refractivity contribution is -0.121. The maximum absolute atomic E-state index is 12.0. The fourth-order valence-electron chi connectivity index (χ4n) is 4.23. The van der Waals surface area contributed by atoms with Gasteiger partial charge in [0.15, 0.2) is 5.96 Å². The van der Waals surface area contributed by atoms with Crippen molar-refractivity contribution in [2.24, 2.45) is 10.9 Å². The van der Waals surface area contributed by atoms with Crippen molar-refractivity contribution in [2.75, 3.05) is 58.3 Å². The Morgan fingerprint density at radius 2 is 1.70 bits per heavy atom. The van der Waals surface area contributed by atoms with Crippen LogP contribution in [0.3, 0.4) is 0 Å². The van der Waals surface area contributed by atoms with Crippen molar-refractivity contribution in [2.45, 2.75) is 32.1 Å². The SMILES string of the molecule is CN=C(NCCNC(=O)CC1CCCC1)N1CCN(c2ccc(OC)cc2)CC1.I. The van der Waals surface area contributed by atoms with Crippen LogP contribution in [0.5, 0.6) is 5.75 Å². The van der Waals surface area contributed by atoms with E-state index >= 15 is 0 Å². The molecule has 3 rings (SSSR count). The first kappa shape index (κ1) is 24.6. The molecule has 1 aromatic rings. The van der Waals surface area contributed by atoms with Crippen molar-refractivity contribution in [1.29, 1.82) is 0 Å². The number of methoxy groups -OCH3 is 1. The van der Waals surface area contributed by atoms with E-state index in [0.717, 1.165) is 37.9 Å². The summed E-state index contributed by atoms with van der Waals surface area (Å²) in [6.07, 6.45) is 5.66. The maximum Gasteiger partial charge on any atom is 0.220 e. The van der Waals surface area contributed by atoms with E-state index in [1.807, 2.05) is 19.2 Å². The number of ether oxygens (including phenoxy) is 1. The van der Waals surface area contributed by atoms with E-state index in [1.165, 1.54) is 31.4 Å². The molecular weight excluding hydrogens is 493 g/mol. The van der Waals surface area contributed by atoms with Gasteiger partial charge in [0.1, 0.15) is 5.75 Å². The lowest BCUT2D eigenvalue weighted by Gasteiger charge is -2.37. The highest BCUT2D eigenvalue weighted by Crippen LogP contribution is 2.27. The number of benzene rings is 1. The number of nitrogens with one attached hydrogen (secondary N) is 2. The molecule has 2 N–H and O–H groups in total. The van der Waals surface area contributed by atoms with Gasteiger partial charge < -0.3 is 25.2 Å². The first-order valence-corrected chi connectivity index (χ1v) is 10.8. The molecule has 0 unspecified atom stereocenters. The Bertz CT molecular complexity index is 669. The van der Waals surface area contributed by atoms with Gasteiger partial charge in [-0.2, -0.15) is 0 Å². The molecule has 0 spiro atoms. The van der Waals surface area contributed by atoms with Crippen molar-refractivity contribution >= 4 is 41.5 Å². The number of rotatable bonds is 7. The Morgan fingerprint density at radius 3 is 2.30 bits per heavy atom. The third-order valence-corrected chi connectivity index (χ3v) is 5.91. The molecule has 0 aromatic heterocycles. The van der Waals surface area contributed by atoms with Crippen LogP contribution in [0.2, 0.25) is 0 Å². The van der Waals surface area contributed by atoms with Gasteiger partial charge in [0.2, 0.25) is 5.91 Å². The van der Waals surface area contributed by atoms with Crippen molar-refractivity contribution in [3.8, 4) is 5.75 Å². The van der Waals surface area contributed by atoms with Crippen molar-refractivity contribution < 1.29 is 9.53 Å². The number of halogens is 1. The predicted octanol–water partition coefficient (Wildman–Crippen LogP) is 2.71. The second-order valence-electron chi connectivity index (χ2n) is 7.85. The summed E-state index contributed by atoms with van der Waals surface area (Å²) in [5.41, 5.74) is 1.22. The van der Waals surface area contributed by atoms with Gasteiger partial charge in [-0.05, 0) is 43.0 Å². The number of hydrogen-bond donors (Lipinski definition) is 2. The molecule has 1 amide bonds. The molecule has 1 aliphatic carbocycles. The van der Waals surface area contributed by atoms with E-state index in [0.29, 0.717) is 25.4 Å². The molecule has 168 valence electrons. The van der Waals surface area contributed by atoms with Gasteiger partial charge in [0, 0.05) is 58.4 Å². The van der Waals surface area contributed by atoms with Gasteiger partial charge in [-0.3, -0.25) is 9.79 Å². The van der Waals surface area contributed by atoms with Gasteiger partial charge in [-0.1, -0.05) is 12.8 Å². The normalized spacial score (nSPS) is 17.5. The van der Waals surface area contributed by atoms with Crippen LogP contribution in [0.15, 0.2) is 29.3 Å². The summed E-state index contributed by atoms with van der Waals surface area (Å²) in [6, 6.07) is 8.22. The van der Waals surface area contributed by atoms with Gasteiger partial charge in [-0.25, -0.2) is 0 Å². The third kappa shape index (κ3) is 7.21. The Morgan fingerprint density at radius 1 is 1.07 bits per heavy atom. The summed E-state index contributed by atoms with van der Waals surface area (Å²) in [7, 11) is 3.50. The predicted molar refractivity (Wildman–Crippen MR) is 133 cm³/mol. The van der Waals surface area contributed by atoms with E-state index in [1.54, 1.807) is 7.11 Å². The van der Waals surface area contributed by atoms with Crippen molar-refractivity contribution in [1.82, 2.24) is 15.5 Å². The summed E-state index contributed by atoms with van der Waals surface area (Å²) in [6.45, 7) is 5.06. The van der Waals surface area contributed by atoms with Crippen molar-refractivity contribution in [3.63, 3.8) is 0 Å². The van der Waals surface area contributed by atoms with E-state index in [9.17, 15) is 4.79 Å². The summed E-state index contributed by atoms with van der Waals surface area (Å²) >= 11 is 0. The molecule has 30 heavy (non-hydrogen) atoms. The van der Waals surface area contributed by atoms with Crippen LogP contribution in [-0.4, -0.2) is 70.2 Å². The largest absolute Gasteiger partial charge is 0.497 e. The van der Waals surface area contributed by atoms with Crippen LogP contribution in [0.25, 0.3) is 0 Å². The minimum absolute atomic E-state index is 0. The number of hydrogen-bond acceptors (Lipinski definition) is 4. The van der Waals surface area contributed by atoms with E-state index in [4.69, 9.17) is 4.74 Å². The second-order valence-corrected chi connectivity index (χ2v) is 7.85. The quantitative estimate of drug-likeness (QED) is 0.246. The lowest BCUT2D eigenvalue weighted by Crippen LogP contribution is -2.53. The van der Waals surface area contributed by atoms with Gasteiger partial charge in [-0.15, -0.1) is 24.0 Å².